The first-order valence-electron chi connectivity index (χ1n) is 9.55. The molecule has 1 N–H and O–H groups in total. The van der Waals surface area contributed by atoms with Crippen LogP contribution in [0.2, 0.25) is 0 Å². The molecule has 2 fully saturated rings. The maximum Gasteiger partial charge on any atom is 0.243 e. The minimum absolute atomic E-state index is 0.0988. The molecule has 2 aromatic rings. The van der Waals surface area contributed by atoms with Gasteiger partial charge in [-0.05, 0) is 44.2 Å². The molecule has 1 aliphatic heterocycles. The Labute approximate surface area is 165 Å². The van der Waals surface area contributed by atoms with E-state index in [2.05, 4.69) is 4.98 Å². The third-order valence-electron chi connectivity index (χ3n) is 6.26. The quantitative estimate of drug-likeness (QED) is 0.788. The molecule has 0 radical (unpaired) electrons. The van der Waals surface area contributed by atoms with E-state index in [1.807, 2.05) is 11.6 Å². The van der Waals surface area contributed by atoms with Crippen molar-refractivity contribution in [1.29, 1.82) is 0 Å². The summed E-state index contributed by atoms with van der Waals surface area (Å²) in [4.78, 5) is 16.0. The van der Waals surface area contributed by atoms with Crippen LogP contribution in [0.4, 0.5) is 0 Å². The van der Waals surface area contributed by atoms with Gasteiger partial charge in [0, 0.05) is 44.0 Å². The first-order chi connectivity index (χ1) is 13.2. The smallest absolute Gasteiger partial charge is 0.243 e. The number of carbonyl (C=O) groups is 1. The number of hydrogen-bond acceptors (Lipinski definition) is 5. The highest BCUT2D eigenvalue weighted by Gasteiger charge is 2.53. The van der Waals surface area contributed by atoms with Crippen molar-refractivity contribution in [3.8, 4) is 0 Å². The fraction of sp³-hybridized carbons (Fsp3) is 0.500. The summed E-state index contributed by atoms with van der Waals surface area (Å²) in [7, 11) is -1.83. The van der Waals surface area contributed by atoms with Gasteiger partial charge in [-0.15, -0.1) is 0 Å². The van der Waals surface area contributed by atoms with Gasteiger partial charge in [0.05, 0.1) is 4.90 Å². The van der Waals surface area contributed by atoms with Crippen molar-refractivity contribution in [2.24, 2.45) is 18.9 Å². The largest absolute Gasteiger partial charge is 0.382 e. The Hall–Kier alpha value is -2.03. The van der Waals surface area contributed by atoms with Crippen molar-refractivity contribution in [2.75, 3.05) is 13.1 Å². The van der Waals surface area contributed by atoms with Crippen molar-refractivity contribution in [2.45, 2.75) is 36.7 Å². The number of benzene rings is 1. The second-order valence-corrected chi connectivity index (χ2v) is 9.89. The predicted molar refractivity (Wildman–Crippen MR) is 103 cm³/mol. The Morgan fingerprint density at radius 1 is 1.25 bits per heavy atom. The summed E-state index contributed by atoms with van der Waals surface area (Å²) in [5.74, 6) is 0.416. The number of Topliss-reactive ketones (excluding diaryl/α,β-unsaturated/α-hetero) is 1. The molecule has 1 saturated heterocycles. The van der Waals surface area contributed by atoms with Gasteiger partial charge in [-0.3, -0.25) is 4.79 Å². The van der Waals surface area contributed by atoms with E-state index in [1.54, 1.807) is 24.5 Å². The second-order valence-electron chi connectivity index (χ2n) is 7.95. The van der Waals surface area contributed by atoms with E-state index in [-0.39, 0.29) is 29.1 Å². The molecule has 1 aromatic carbocycles. The van der Waals surface area contributed by atoms with Gasteiger partial charge in [-0.25, -0.2) is 13.4 Å². The van der Waals surface area contributed by atoms with Crippen LogP contribution in [0.25, 0.3) is 0 Å². The lowest BCUT2D eigenvalue weighted by molar-refractivity contribution is -0.0728. The zero-order chi connectivity index (χ0) is 20.1. The fourth-order valence-corrected chi connectivity index (χ4v) is 6.27. The normalized spacial score (nSPS) is 28.2. The Morgan fingerprint density at radius 2 is 1.96 bits per heavy atom. The molecule has 0 bridgehead atoms. The molecular formula is C20H25N3O4S. The van der Waals surface area contributed by atoms with Gasteiger partial charge in [0.15, 0.2) is 5.78 Å². The lowest BCUT2D eigenvalue weighted by Gasteiger charge is -2.40. The minimum atomic E-state index is -3.68. The number of aryl methyl sites for hydroxylation is 1. The van der Waals surface area contributed by atoms with E-state index in [0.29, 0.717) is 24.4 Å². The third kappa shape index (κ3) is 3.00. The monoisotopic (exact) mass is 403 g/mol. The highest BCUT2D eigenvalue weighted by atomic mass is 32.2. The van der Waals surface area contributed by atoms with Crippen LogP contribution in [-0.2, 0) is 22.7 Å². The highest BCUT2D eigenvalue weighted by molar-refractivity contribution is 7.89. The lowest BCUT2D eigenvalue weighted by Crippen LogP contribution is -2.44. The zero-order valence-corrected chi connectivity index (χ0v) is 16.9. The van der Waals surface area contributed by atoms with Gasteiger partial charge in [0.2, 0.25) is 10.0 Å². The number of nitrogens with zero attached hydrogens (tertiary/aromatic N) is 3. The Morgan fingerprint density at radius 3 is 2.57 bits per heavy atom. The van der Waals surface area contributed by atoms with Crippen LogP contribution in [-0.4, -0.2) is 46.3 Å². The molecule has 8 heteroatoms. The molecular weight excluding hydrogens is 378 g/mol. The Bertz CT molecular complexity index is 999. The number of rotatable bonds is 4. The van der Waals surface area contributed by atoms with Crippen LogP contribution in [0.15, 0.2) is 41.6 Å². The van der Waals surface area contributed by atoms with Crippen LogP contribution in [0.3, 0.4) is 0 Å². The lowest BCUT2D eigenvalue weighted by atomic mass is 9.70. The van der Waals surface area contributed by atoms with Crippen molar-refractivity contribution >= 4 is 15.8 Å². The van der Waals surface area contributed by atoms with Gasteiger partial charge in [0.25, 0.3) is 0 Å². The average Bonchev–Trinajstić information content (AvgIpc) is 3.29. The van der Waals surface area contributed by atoms with Crippen LogP contribution < -0.4 is 0 Å². The van der Waals surface area contributed by atoms with E-state index in [9.17, 15) is 18.3 Å². The van der Waals surface area contributed by atoms with E-state index in [0.717, 1.165) is 12.8 Å². The number of hydrogen-bond donors (Lipinski definition) is 1. The molecule has 4 rings (SSSR count). The summed E-state index contributed by atoms with van der Waals surface area (Å²) >= 11 is 0. The molecule has 2 aliphatic rings. The summed E-state index contributed by atoms with van der Waals surface area (Å²) in [5.41, 5.74) is -0.637. The molecule has 7 nitrogen and oxygen atoms in total. The number of fused-ring (bicyclic) bond motifs is 1. The van der Waals surface area contributed by atoms with Gasteiger partial charge in [-0.2, -0.15) is 4.31 Å². The van der Waals surface area contributed by atoms with Crippen LogP contribution in [0, 0.1) is 11.8 Å². The van der Waals surface area contributed by atoms with Gasteiger partial charge in [-0.1, -0.05) is 12.1 Å². The second kappa shape index (κ2) is 6.79. The summed E-state index contributed by atoms with van der Waals surface area (Å²) < 4.78 is 29.6. The number of aliphatic hydroxyl groups is 1. The average molecular weight is 404 g/mol. The predicted octanol–water partition coefficient (Wildman–Crippen LogP) is 1.93. The maximum absolute atomic E-state index is 13.2. The molecule has 3 atom stereocenters. The summed E-state index contributed by atoms with van der Waals surface area (Å²) in [6.45, 7) is 2.12. The zero-order valence-electron chi connectivity index (χ0n) is 16.1. The first kappa shape index (κ1) is 19.3. The maximum atomic E-state index is 13.2. The first-order valence-corrected chi connectivity index (χ1v) is 11.0. The topological polar surface area (TPSA) is 92.5 Å². The van der Waals surface area contributed by atoms with Gasteiger partial charge in [0.1, 0.15) is 11.4 Å². The fourth-order valence-electron chi connectivity index (χ4n) is 4.75. The summed E-state index contributed by atoms with van der Waals surface area (Å²) in [6.07, 6.45) is 5.78. The van der Waals surface area contributed by atoms with Crippen molar-refractivity contribution < 1.29 is 18.3 Å². The number of sulfonamides is 1. The number of aromatic nitrogens is 2. The molecule has 28 heavy (non-hydrogen) atoms. The summed E-state index contributed by atoms with van der Waals surface area (Å²) in [5, 5.41) is 11.5. The molecule has 1 aromatic heterocycles. The van der Waals surface area contributed by atoms with Crippen molar-refractivity contribution in [3.05, 3.63) is 48.0 Å². The SMILES string of the molecule is CC(=O)c1ccc(S(=O)(=O)N2CC3CCCC(O)(c4nccn4C)C3C2)cc1. The Kier molecular flexibility index (Phi) is 4.68. The molecule has 1 saturated carbocycles. The number of imidazole rings is 1. The minimum Gasteiger partial charge on any atom is -0.382 e. The molecule has 0 amide bonds. The summed E-state index contributed by atoms with van der Waals surface area (Å²) in [6, 6.07) is 6.06. The molecule has 1 aliphatic carbocycles. The number of ketones is 1. The van der Waals surface area contributed by atoms with E-state index in [1.165, 1.54) is 23.4 Å². The van der Waals surface area contributed by atoms with Crippen LogP contribution in [0.1, 0.15) is 42.4 Å². The molecule has 150 valence electrons. The van der Waals surface area contributed by atoms with E-state index >= 15 is 0 Å². The number of carbonyl (C=O) groups excluding carboxylic acids is 1. The molecule has 3 unspecified atom stereocenters. The highest BCUT2D eigenvalue weighted by Crippen LogP contribution is 2.48. The molecule has 0 spiro atoms. The van der Waals surface area contributed by atoms with E-state index in [4.69, 9.17) is 0 Å². The van der Waals surface area contributed by atoms with Crippen LogP contribution in [0.5, 0.6) is 0 Å². The molecule has 2 heterocycles. The van der Waals surface area contributed by atoms with E-state index < -0.39 is 15.6 Å². The standard InChI is InChI=1S/C20H25N3O4S/c1-14(24)15-5-7-17(8-6-15)28(26,27)23-12-16-4-3-9-20(25,18(16)13-23)19-21-10-11-22(19)2/h5-8,10-11,16,18,25H,3-4,9,12-13H2,1-2H3. The van der Waals surface area contributed by atoms with Gasteiger partial charge >= 0.3 is 0 Å². The van der Waals surface area contributed by atoms with Crippen molar-refractivity contribution in [3.63, 3.8) is 0 Å². The van der Waals surface area contributed by atoms with Gasteiger partial charge < -0.3 is 9.67 Å². The van der Waals surface area contributed by atoms with Crippen LogP contribution >= 0.6 is 0 Å². The van der Waals surface area contributed by atoms with Crippen molar-refractivity contribution in [1.82, 2.24) is 13.9 Å². The Balaban J connectivity index is 1.63. The third-order valence-corrected chi connectivity index (χ3v) is 8.11.